The molecule has 0 radical (unpaired) electrons. The molecule has 0 aliphatic carbocycles. The van der Waals surface area contributed by atoms with Gasteiger partial charge >= 0.3 is 0 Å². The molecule has 0 aromatic carbocycles. The van der Waals surface area contributed by atoms with Gasteiger partial charge in [-0.3, -0.25) is 0 Å². The van der Waals surface area contributed by atoms with Crippen LogP contribution in [0.4, 0.5) is 0 Å². The van der Waals surface area contributed by atoms with Gasteiger partial charge < -0.3 is 0 Å². The van der Waals surface area contributed by atoms with Gasteiger partial charge in [0, 0.05) is 0 Å². The van der Waals surface area contributed by atoms with Gasteiger partial charge in [0.25, 0.3) is 0 Å². The highest BCUT2D eigenvalue weighted by Crippen LogP contribution is 2.28. The summed E-state index contributed by atoms with van der Waals surface area (Å²) in [6, 6.07) is 0. The van der Waals surface area contributed by atoms with Crippen molar-refractivity contribution in [3.8, 4) is 0 Å². The lowest BCUT2D eigenvalue weighted by Gasteiger charge is -2.09. The molecule has 0 unspecified atom stereocenters. The number of nitrogens with zero attached hydrogens (tertiary/aromatic N) is 3. The molecule has 1 aromatic heterocycles. The van der Waals surface area contributed by atoms with Crippen molar-refractivity contribution >= 4 is 23.5 Å². The van der Waals surface area contributed by atoms with E-state index in [0.717, 1.165) is 0 Å². The van der Waals surface area contributed by atoms with Gasteiger partial charge in [0.2, 0.25) is 0 Å². The maximum atomic E-state index is 4.02. The minimum absolute atomic E-state index is 0.363. The second kappa shape index (κ2) is 3.88. The number of aromatic nitrogens is 3. The van der Waals surface area contributed by atoms with Crippen LogP contribution in [0, 0.1) is 0 Å². The first-order valence-electron chi connectivity index (χ1n) is 2.78. The number of thioether (sulfide) groups is 2. The Morgan fingerprint density at radius 3 is 2.50 bits per heavy atom. The van der Waals surface area contributed by atoms with Crippen molar-refractivity contribution in [2.45, 2.75) is 4.71 Å². The van der Waals surface area contributed by atoms with Crippen LogP contribution in [0.2, 0.25) is 0 Å². The average Bonchev–Trinajstić information content (AvgIpc) is 2.43. The summed E-state index contributed by atoms with van der Waals surface area (Å²) in [6.07, 6.45) is 7.41. The maximum Gasteiger partial charge on any atom is 0.144 e. The van der Waals surface area contributed by atoms with Gasteiger partial charge in [0.05, 0.1) is 0 Å². The molecule has 0 saturated carbocycles. The zero-order valence-corrected chi connectivity index (χ0v) is 7.52. The molecule has 0 bridgehead atoms. The van der Waals surface area contributed by atoms with E-state index < -0.39 is 0 Å². The van der Waals surface area contributed by atoms with Crippen LogP contribution < -0.4 is 0 Å². The van der Waals surface area contributed by atoms with Gasteiger partial charge in [0.1, 0.15) is 17.4 Å². The Labute approximate surface area is 68.6 Å². The third-order valence-corrected chi connectivity index (χ3v) is 3.45. The standard InChI is InChI=1S/C5H9N3S2/c1-9-5(10-2)8-4-6-3-7-8/h3-5H,1-2H3. The third kappa shape index (κ3) is 1.67. The predicted octanol–water partition coefficient (Wildman–Crippen LogP) is 1.46. The number of hydrogen-bond donors (Lipinski definition) is 0. The molecule has 0 aliphatic heterocycles. The van der Waals surface area contributed by atoms with Crippen LogP contribution in [0.25, 0.3) is 0 Å². The molecule has 1 rings (SSSR count). The topological polar surface area (TPSA) is 30.7 Å². The second-order valence-electron chi connectivity index (χ2n) is 1.65. The maximum absolute atomic E-state index is 4.02. The molecule has 0 amide bonds. The van der Waals surface area contributed by atoms with Crippen LogP contribution in [-0.2, 0) is 0 Å². The van der Waals surface area contributed by atoms with E-state index in [9.17, 15) is 0 Å². The summed E-state index contributed by atoms with van der Waals surface area (Å²) in [5.74, 6) is 0. The highest BCUT2D eigenvalue weighted by Gasteiger charge is 2.05. The molecule has 10 heavy (non-hydrogen) atoms. The number of hydrogen-bond acceptors (Lipinski definition) is 4. The summed E-state index contributed by atoms with van der Waals surface area (Å²) >= 11 is 3.50. The Morgan fingerprint density at radius 2 is 2.10 bits per heavy atom. The third-order valence-electron chi connectivity index (χ3n) is 1.06. The van der Waals surface area contributed by atoms with Crippen LogP contribution >= 0.6 is 23.5 Å². The molecule has 0 aliphatic rings. The number of rotatable bonds is 3. The molecule has 0 fully saturated rings. The van der Waals surface area contributed by atoms with Gasteiger partial charge in [-0.15, -0.1) is 23.5 Å². The summed E-state index contributed by atoms with van der Waals surface area (Å²) in [4.78, 5) is 3.86. The fourth-order valence-electron chi connectivity index (χ4n) is 0.638. The van der Waals surface area contributed by atoms with E-state index >= 15 is 0 Å². The molecular weight excluding hydrogens is 166 g/mol. The van der Waals surface area contributed by atoms with Crippen LogP contribution in [0.15, 0.2) is 12.7 Å². The summed E-state index contributed by atoms with van der Waals surface area (Å²) in [7, 11) is 0. The van der Waals surface area contributed by atoms with Gasteiger partial charge in [-0.05, 0) is 12.5 Å². The van der Waals surface area contributed by atoms with Crippen LogP contribution in [-0.4, -0.2) is 27.3 Å². The smallest absolute Gasteiger partial charge is 0.144 e. The van der Waals surface area contributed by atoms with Crippen molar-refractivity contribution in [2.75, 3.05) is 12.5 Å². The van der Waals surface area contributed by atoms with E-state index in [1.54, 1.807) is 36.2 Å². The minimum Gasteiger partial charge on any atom is -0.230 e. The van der Waals surface area contributed by atoms with Crippen molar-refractivity contribution in [1.29, 1.82) is 0 Å². The molecule has 3 nitrogen and oxygen atoms in total. The molecule has 0 N–H and O–H groups in total. The van der Waals surface area contributed by atoms with Crippen molar-refractivity contribution in [2.24, 2.45) is 0 Å². The van der Waals surface area contributed by atoms with E-state index in [1.807, 2.05) is 4.68 Å². The Bertz CT molecular complexity index is 171. The van der Waals surface area contributed by atoms with Crippen LogP contribution in [0.3, 0.4) is 0 Å². The second-order valence-corrected chi connectivity index (χ2v) is 3.79. The summed E-state index contributed by atoms with van der Waals surface area (Å²) in [5, 5.41) is 4.02. The van der Waals surface area contributed by atoms with E-state index in [1.165, 1.54) is 0 Å². The lowest BCUT2D eigenvalue weighted by molar-refractivity contribution is 0.737. The monoisotopic (exact) mass is 175 g/mol. The molecule has 5 heteroatoms. The van der Waals surface area contributed by atoms with Gasteiger partial charge in [-0.2, -0.15) is 5.10 Å². The van der Waals surface area contributed by atoms with Gasteiger partial charge in [-0.1, -0.05) is 0 Å². The van der Waals surface area contributed by atoms with Crippen molar-refractivity contribution in [3.05, 3.63) is 12.7 Å². The quantitative estimate of drug-likeness (QED) is 0.651. The Hall–Kier alpha value is -0.160. The Balaban J connectivity index is 2.64. The van der Waals surface area contributed by atoms with Crippen molar-refractivity contribution in [1.82, 2.24) is 14.8 Å². The van der Waals surface area contributed by atoms with E-state index in [4.69, 9.17) is 0 Å². The van der Waals surface area contributed by atoms with E-state index in [0.29, 0.717) is 4.71 Å². The van der Waals surface area contributed by atoms with Gasteiger partial charge in [0.15, 0.2) is 0 Å². The molecule has 1 aromatic rings. The van der Waals surface area contributed by atoms with E-state index in [2.05, 4.69) is 22.6 Å². The first-order valence-corrected chi connectivity index (χ1v) is 5.35. The summed E-state index contributed by atoms with van der Waals surface area (Å²) in [6.45, 7) is 0. The minimum atomic E-state index is 0.363. The molecule has 0 atom stereocenters. The normalized spacial score (nSPS) is 10.7. The molecule has 0 saturated heterocycles. The Kier molecular flexibility index (Phi) is 3.08. The lowest BCUT2D eigenvalue weighted by atomic mass is 11.2. The summed E-state index contributed by atoms with van der Waals surface area (Å²) < 4.78 is 2.21. The zero-order chi connectivity index (χ0) is 7.40. The van der Waals surface area contributed by atoms with Crippen molar-refractivity contribution < 1.29 is 0 Å². The molecule has 1 heterocycles. The molecular formula is C5H9N3S2. The largest absolute Gasteiger partial charge is 0.230 e. The first-order chi connectivity index (χ1) is 4.88. The van der Waals surface area contributed by atoms with Crippen LogP contribution in [0.1, 0.15) is 4.71 Å². The lowest BCUT2D eigenvalue weighted by Crippen LogP contribution is -2.00. The highest BCUT2D eigenvalue weighted by atomic mass is 32.2. The Morgan fingerprint density at radius 1 is 1.40 bits per heavy atom. The first kappa shape index (κ1) is 7.94. The summed E-state index contributed by atoms with van der Waals surface area (Å²) in [5.41, 5.74) is 0. The average molecular weight is 175 g/mol. The SMILES string of the molecule is CSC(SC)n1cncn1. The van der Waals surface area contributed by atoms with Crippen LogP contribution in [0.5, 0.6) is 0 Å². The van der Waals surface area contributed by atoms with Gasteiger partial charge in [-0.25, -0.2) is 9.67 Å². The molecule has 56 valence electrons. The zero-order valence-electron chi connectivity index (χ0n) is 5.89. The fraction of sp³-hybridized carbons (Fsp3) is 0.600. The predicted molar refractivity (Wildman–Crippen MR) is 46.1 cm³/mol. The molecule has 0 spiro atoms. The van der Waals surface area contributed by atoms with Crippen molar-refractivity contribution in [3.63, 3.8) is 0 Å². The fourth-order valence-corrected chi connectivity index (χ4v) is 2.06. The highest BCUT2D eigenvalue weighted by molar-refractivity contribution is 8.15. The van der Waals surface area contributed by atoms with E-state index in [-0.39, 0.29) is 0 Å².